The number of thiazole rings is 3. The lowest BCUT2D eigenvalue weighted by atomic mass is 10.1. The van der Waals surface area contributed by atoms with Crippen LogP contribution in [0.1, 0.15) is 80.6 Å². The quantitative estimate of drug-likeness (QED) is 0.0573. The van der Waals surface area contributed by atoms with E-state index in [1.165, 1.54) is 97.2 Å². The summed E-state index contributed by atoms with van der Waals surface area (Å²) in [6.45, 7) is 29.8. The van der Waals surface area contributed by atoms with Gasteiger partial charge < -0.3 is 30.2 Å². The minimum absolute atomic E-state index is 0.00983. The van der Waals surface area contributed by atoms with E-state index in [0.29, 0.717) is 53.3 Å². The molecular weight excluding hydrogens is 1350 g/mol. The number of hydrogen-bond acceptors (Lipinski definition) is 14. The standard InChI is InChI=1S/C14H14N2O2S.C14H13NO2S2.C12H12N2O.3C12H11NOS/c1-9-3-5-11(6-4-9)7-12-13(18)16(8-10(2)17)14(19)15-12;1-9-3-5-11(6-4-9)7-12-13(17)15(8-10(2)16)14(18)19-12;1-8-3-5-10(6-4-8)7-11-12(15)14-9(2)13-11;3*1-8-3-5-10(6-4-8)7-11-12(14)13-9(2)15-11/h3-7H,8H2,1-2H3,(H,15,19);3-7H,8H2,1-2H3;3-7,13H,2H2,1H3,(H,14,15);3*3-7H,2H2,1H3,(H,13,14)/b2*12-7-;4*11-7-. The third-order valence-electron chi connectivity index (χ3n) is 13.8. The maximum absolute atomic E-state index is 12.1. The molecule has 0 bridgehead atoms. The van der Waals surface area contributed by atoms with E-state index < -0.39 is 0 Å². The molecule has 22 heteroatoms. The highest BCUT2D eigenvalue weighted by molar-refractivity contribution is 8.26. The number of H-pyrrole nitrogens is 5. The van der Waals surface area contributed by atoms with Gasteiger partial charge in [0.05, 0.1) is 45.6 Å². The molecule has 2 saturated heterocycles. The molecule has 2 fully saturated rings. The van der Waals surface area contributed by atoms with Crippen LogP contribution in [0.5, 0.6) is 0 Å². The lowest BCUT2D eigenvalue weighted by Gasteiger charge is -2.11. The number of ketones is 2. The molecular formula is C76H72N8O8S6. The van der Waals surface area contributed by atoms with E-state index in [9.17, 15) is 38.4 Å². The first-order valence-corrected chi connectivity index (χ1v) is 34.3. The molecule has 4 aromatic heterocycles. The smallest absolute Gasteiger partial charge is 0.276 e. The molecule has 2 aliphatic heterocycles. The number of nitrogens with one attached hydrogen (secondary N) is 6. The molecule has 0 saturated carbocycles. The van der Waals surface area contributed by atoms with Gasteiger partial charge in [0.2, 0.25) is 0 Å². The zero-order chi connectivity index (χ0) is 71.3. The van der Waals surface area contributed by atoms with Gasteiger partial charge in [0.25, 0.3) is 34.1 Å². The van der Waals surface area contributed by atoms with E-state index in [2.05, 4.69) is 56.6 Å². The first-order chi connectivity index (χ1) is 46.5. The van der Waals surface area contributed by atoms with Crippen molar-refractivity contribution >= 4 is 166 Å². The summed E-state index contributed by atoms with van der Waals surface area (Å²) in [5.74, 6) is -0.631. The van der Waals surface area contributed by atoms with Crippen LogP contribution >= 0.6 is 70.2 Å². The Labute approximate surface area is 591 Å². The summed E-state index contributed by atoms with van der Waals surface area (Å²) in [7, 11) is 0. The molecule has 12 rings (SSSR count). The number of carbonyl (C=O) groups is 4. The van der Waals surface area contributed by atoms with E-state index in [-0.39, 0.29) is 63.8 Å². The molecule has 10 aromatic rings. The lowest BCUT2D eigenvalue weighted by molar-refractivity contribution is -0.127. The van der Waals surface area contributed by atoms with Gasteiger partial charge in [-0.3, -0.25) is 48.2 Å². The second-order valence-corrected chi connectivity index (χ2v) is 28.1. The van der Waals surface area contributed by atoms with Crippen molar-refractivity contribution in [2.75, 3.05) is 13.1 Å². The number of thioether (sulfide) groups is 1. The number of Topliss-reactive ketones (excluding diaryl/α,β-unsaturated/α-hetero) is 2. The summed E-state index contributed by atoms with van der Waals surface area (Å²) in [4.78, 5) is 109. The SMILES string of the molecule is C=c1[nH]c(=O)/c(=C/c2ccc(C)cc2)[nH]1.C=c1[nH]c(=O)/c(=C/c2ccc(C)cc2)s1.C=c1[nH]c(=O)/c(=C/c2ccc(C)cc2)s1.C=c1[nH]c(=O)/c(=C/c2ccc(C)cc2)s1.CC(=O)CN1C(=O)/C(=C/c2ccc(C)cc2)NC1=S.CC(=O)CN1C(=O)/C(=C/c2ccc(C)cc2)SC1=S. The summed E-state index contributed by atoms with van der Waals surface area (Å²) < 4.78 is 4.62. The fraction of sp³-hybridized carbons (Fsp3) is 0.132. The van der Waals surface area contributed by atoms with Crippen LogP contribution in [0.25, 0.3) is 62.8 Å². The third kappa shape index (κ3) is 23.5. The summed E-state index contributed by atoms with van der Waals surface area (Å²) >= 11 is 15.6. The predicted octanol–water partition coefficient (Wildman–Crippen LogP) is 7.63. The molecule has 2 aliphatic rings. The number of rotatable bonds is 10. The second-order valence-electron chi connectivity index (χ2n) is 22.6. The van der Waals surface area contributed by atoms with Gasteiger partial charge in [-0.15, -0.1) is 34.0 Å². The fourth-order valence-electron chi connectivity index (χ4n) is 8.73. The van der Waals surface area contributed by atoms with Crippen molar-refractivity contribution in [1.82, 2.24) is 40.0 Å². The number of carbonyl (C=O) groups excluding carboxylic acids is 4. The van der Waals surface area contributed by atoms with E-state index >= 15 is 0 Å². The van der Waals surface area contributed by atoms with Crippen LogP contribution in [0.4, 0.5) is 0 Å². The second kappa shape index (κ2) is 35.6. The van der Waals surface area contributed by atoms with Crippen molar-refractivity contribution in [3.05, 3.63) is 303 Å². The Morgan fingerprint density at radius 2 is 0.704 bits per heavy atom. The molecule has 500 valence electrons. The molecule has 0 aliphatic carbocycles. The highest BCUT2D eigenvalue weighted by Crippen LogP contribution is 2.32. The average molecular weight is 1420 g/mol. The Hall–Kier alpha value is -10.3. The Balaban J connectivity index is 0.000000166. The van der Waals surface area contributed by atoms with Crippen LogP contribution < -0.4 is 66.0 Å². The maximum atomic E-state index is 12.1. The van der Waals surface area contributed by atoms with E-state index in [1.54, 1.807) is 18.2 Å². The van der Waals surface area contributed by atoms with Crippen molar-refractivity contribution < 1.29 is 19.2 Å². The minimum Gasteiger partial charge on any atom is -0.338 e. The third-order valence-corrected chi connectivity index (χ3v) is 18.1. The van der Waals surface area contributed by atoms with Crippen molar-refractivity contribution in [2.45, 2.75) is 55.4 Å². The zero-order valence-electron chi connectivity index (χ0n) is 55.2. The number of imidazole rings is 1. The fourth-order valence-corrected chi connectivity index (χ4v) is 12.5. The molecule has 98 heavy (non-hydrogen) atoms. The van der Waals surface area contributed by atoms with Crippen LogP contribution in [0.15, 0.2) is 175 Å². The molecule has 0 radical (unpaired) electrons. The van der Waals surface area contributed by atoms with Gasteiger partial charge in [0.15, 0.2) is 5.11 Å². The Kier molecular flexibility index (Phi) is 27.3. The van der Waals surface area contributed by atoms with Crippen molar-refractivity contribution in [2.24, 2.45) is 0 Å². The number of nitrogens with zero attached hydrogens (tertiary/aromatic N) is 2. The number of aryl methyl sites for hydroxylation is 6. The molecule has 0 spiro atoms. The van der Waals surface area contributed by atoms with Gasteiger partial charge in [-0.25, -0.2) is 0 Å². The number of benzene rings is 6. The van der Waals surface area contributed by atoms with Gasteiger partial charge >= 0.3 is 0 Å². The molecule has 6 heterocycles. The summed E-state index contributed by atoms with van der Waals surface area (Å²) in [5, 5.41) is 3.65. The number of aromatic amines is 5. The van der Waals surface area contributed by atoms with Crippen molar-refractivity contribution in [3.63, 3.8) is 0 Å². The predicted molar refractivity (Wildman–Crippen MR) is 413 cm³/mol. The number of amides is 2. The number of aromatic nitrogens is 5. The molecule has 0 unspecified atom stereocenters. The summed E-state index contributed by atoms with van der Waals surface area (Å²) in [6, 6.07) is 47.8. The molecule has 0 atom stereocenters. The van der Waals surface area contributed by atoms with Crippen molar-refractivity contribution in [1.29, 1.82) is 0 Å². The van der Waals surface area contributed by atoms with Crippen LogP contribution in [0.2, 0.25) is 0 Å². The van der Waals surface area contributed by atoms with Crippen LogP contribution in [0.3, 0.4) is 0 Å². The highest BCUT2D eigenvalue weighted by atomic mass is 32.2. The van der Waals surface area contributed by atoms with E-state index in [0.717, 1.165) is 38.9 Å². The number of hydrogen-bond donors (Lipinski definition) is 6. The van der Waals surface area contributed by atoms with Gasteiger partial charge in [0, 0.05) is 0 Å². The van der Waals surface area contributed by atoms with Crippen LogP contribution in [0, 0.1) is 41.5 Å². The topological polar surface area (TPSA) is 234 Å². The minimum atomic E-state index is -0.263. The summed E-state index contributed by atoms with van der Waals surface area (Å²) in [5.41, 5.74) is 13.7. The first kappa shape index (κ1) is 75.1. The molecule has 6 aromatic carbocycles. The Bertz CT molecular complexity index is 4800. The van der Waals surface area contributed by atoms with Crippen LogP contribution in [-0.4, -0.2) is 80.6 Å². The van der Waals surface area contributed by atoms with Gasteiger partial charge in [-0.1, -0.05) is 229 Å². The maximum Gasteiger partial charge on any atom is 0.276 e. The van der Waals surface area contributed by atoms with E-state index in [1.807, 2.05) is 205 Å². The van der Waals surface area contributed by atoms with E-state index in [4.69, 9.17) is 24.4 Å². The first-order valence-electron chi connectivity index (χ1n) is 30.2. The highest BCUT2D eigenvalue weighted by Gasteiger charge is 2.33. The normalized spacial score (nSPS) is 14.0. The monoisotopic (exact) mass is 1420 g/mol. The zero-order valence-corrected chi connectivity index (χ0v) is 60.1. The van der Waals surface area contributed by atoms with Gasteiger partial charge in [-0.2, -0.15) is 0 Å². The van der Waals surface area contributed by atoms with Crippen LogP contribution in [-0.2, 0) is 19.2 Å². The average Bonchev–Trinajstić information content (AvgIpc) is 1.69. The largest absolute Gasteiger partial charge is 0.338 e. The molecule has 16 nitrogen and oxygen atoms in total. The lowest BCUT2D eigenvalue weighted by Crippen LogP contribution is -2.34. The Morgan fingerprint density at radius 3 is 1.00 bits per heavy atom. The number of thiocarbonyl (C=S) groups is 2. The summed E-state index contributed by atoms with van der Waals surface area (Å²) in [6.07, 6.45) is 11.0. The van der Waals surface area contributed by atoms with Gasteiger partial charge in [0.1, 0.15) is 32.4 Å². The molecule has 2 amide bonds. The Morgan fingerprint density at radius 1 is 0.398 bits per heavy atom. The van der Waals surface area contributed by atoms with Crippen molar-refractivity contribution in [3.8, 4) is 0 Å². The molecule has 6 N–H and O–H groups in total. The van der Waals surface area contributed by atoms with Gasteiger partial charge in [-0.05, 0) is 137 Å².